The number of aromatic nitrogens is 2. The van der Waals surface area contributed by atoms with Crippen molar-refractivity contribution in [2.75, 3.05) is 55.8 Å². The first-order valence-corrected chi connectivity index (χ1v) is 13.6. The number of anilines is 2. The van der Waals surface area contributed by atoms with E-state index in [1.165, 1.54) is 33.5 Å². The van der Waals surface area contributed by atoms with Gasteiger partial charge in [-0.1, -0.05) is 23.1 Å². The molecule has 0 radical (unpaired) electrons. The van der Waals surface area contributed by atoms with E-state index in [1.807, 2.05) is 0 Å². The van der Waals surface area contributed by atoms with Gasteiger partial charge in [0.25, 0.3) is 0 Å². The van der Waals surface area contributed by atoms with Crippen LogP contribution in [0.25, 0.3) is 0 Å². The summed E-state index contributed by atoms with van der Waals surface area (Å²) in [5.41, 5.74) is 2.67. The lowest BCUT2D eigenvalue weighted by atomic mass is 10.2. The van der Waals surface area contributed by atoms with Gasteiger partial charge in [0, 0.05) is 26.2 Å². The molecule has 2 aliphatic heterocycles. The molecule has 1 unspecified atom stereocenters. The molecular formula is C19H25N5O5S3. The molecule has 1 atom stereocenters. The maximum atomic E-state index is 13.1. The highest BCUT2D eigenvalue weighted by molar-refractivity contribution is 8.01. The molecule has 4 rings (SSSR count). The third-order valence-electron chi connectivity index (χ3n) is 5.08. The van der Waals surface area contributed by atoms with Crippen LogP contribution in [0.5, 0.6) is 0 Å². The molecule has 2 fully saturated rings. The Hall–Kier alpha value is -1.77. The number of carbonyl (C=O) groups is 1. The molecule has 1 aromatic carbocycles. The molecule has 2 N–H and O–H groups in total. The van der Waals surface area contributed by atoms with Gasteiger partial charge < -0.3 is 20.1 Å². The van der Waals surface area contributed by atoms with Crippen molar-refractivity contribution >= 4 is 50.4 Å². The number of thioether (sulfide) groups is 1. The van der Waals surface area contributed by atoms with Crippen LogP contribution >= 0.6 is 23.1 Å². The van der Waals surface area contributed by atoms with Crippen LogP contribution < -0.4 is 10.6 Å². The molecule has 0 bridgehead atoms. The van der Waals surface area contributed by atoms with Crippen LogP contribution in [-0.4, -0.2) is 80.1 Å². The number of sulfonamides is 1. The topological polar surface area (TPSA) is 123 Å². The van der Waals surface area contributed by atoms with Crippen molar-refractivity contribution < 1.29 is 22.7 Å². The Morgan fingerprint density at radius 3 is 2.81 bits per heavy atom. The van der Waals surface area contributed by atoms with Gasteiger partial charge in [0.15, 0.2) is 4.34 Å². The van der Waals surface area contributed by atoms with E-state index in [2.05, 4.69) is 20.8 Å². The number of ether oxygens (including phenoxy) is 2. The number of amides is 1. The predicted molar refractivity (Wildman–Crippen MR) is 123 cm³/mol. The minimum Gasteiger partial charge on any atom is -0.381 e. The Kier molecular flexibility index (Phi) is 7.97. The number of nitrogens with one attached hydrogen (secondary N) is 2. The summed E-state index contributed by atoms with van der Waals surface area (Å²) < 4.78 is 39.2. The highest BCUT2D eigenvalue weighted by atomic mass is 32.2. The standard InChI is InChI=1S/C19H25N5O5S3/c25-18(12-30-19-23-21-13-31-19)22-17-10-15(32(26,27)24-5-8-28-9-6-24)3-4-16(17)20-11-14-2-1-7-29-14/h3-4,10,13-14,20H,1-2,5-9,11-12H2,(H,22,25). The van der Waals surface area contributed by atoms with Crippen molar-refractivity contribution in [3.05, 3.63) is 23.7 Å². The molecule has 174 valence electrons. The summed E-state index contributed by atoms with van der Waals surface area (Å²) in [4.78, 5) is 12.7. The fourth-order valence-corrected chi connectivity index (χ4v) is 6.17. The van der Waals surface area contributed by atoms with Crippen molar-refractivity contribution in [2.24, 2.45) is 0 Å². The fourth-order valence-electron chi connectivity index (χ4n) is 3.45. The Bertz CT molecular complexity index is 1010. The summed E-state index contributed by atoms with van der Waals surface area (Å²) in [7, 11) is -3.69. The summed E-state index contributed by atoms with van der Waals surface area (Å²) in [5, 5.41) is 13.8. The number of morpholine rings is 1. The Balaban J connectivity index is 1.51. The molecule has 13 heteroatoms. The molecule has 2 saturated heterocycles. The molecule has 2 aromatic rings. The summed E-state index contributed by atoms with van der Waals surface area (Å²) in [6, 6.07) is 4.76. The first-order valence-electron chi connectivity index (χ1n) is 10.3. The number of hydrogen-bond donors (Lipinski definition) is 2. The second kappa shape index (κ2) is 10.9. The first kappa shape index (κ1) is 23.4. The van der Waals surface area contributed by atoms with Gasteiger partial charge in [0.1, 0.15) is 5.51 Å². The molecule has 0 saturated carbocycles. The van der Waals surface area contributed by atoms with Crippen molar-refractivity contribution in [3.63, 3.8) is 0 Å². The van der Waals surface area contributed by atoms with Crippen LogP contribution in [0.1, 0.15) is 12.8 Å². The zero-order chi connectivity index (χ0) is 22.4. The monoisotopic (exact) mass is 499 g/mol. The lowest BCUT2D eigenvalue weighted by Crippen LogP contribution is -2.40. The lowest BCUT2D eigenvalue weighted by molar-refractivity contribution is -0.113. The summed E-state index contributed by atoms with van der Waals surface area (Å²) in [5.74, 6) is -0.118. The maximum Gasteiger partial charge on any atom is 0.243 e. The largest absolute Gasteiger partial charge is 0.381 e. The Morgan fingerprint density at radius 1 is 1.25 bits per heavy atom. The SMILES string of the molecule is O=C(CSc1nncs1)Nc1cc(S(=O)(=O)N2CCOCC2)ccc1NCC1CCCO1. The van der Waals surface area contributed by atoms with Crippen molar-refractivity contribution in [3.8, 4) is 0 Å². The zero-order valence-electron chi connectivity index (χ0n) is 17.4. The van der Waals surface area contributed by atoms with Gasteiger partial charge in [-0.05, 0) is 31.0 Å². The van der Waals surface area contributed by atoms with E-state index in [1.54, 1.807) is 17.6 Å². The first-order chi connectivity index (χ1) is 15.5. The minimum absolute atomic E-state index is 0.100. The highest BCUT2D eigenvalue weighted by Crippen LogP contribution is 2.29. The van der Waals surface area contributed by atoms with E-state index in [0.717, 1.165) is 19.4 Å². The molecule has 0 aliphatic carbocycles. The van der Waals surface area contributed by atoms with Crippen molar-refractivity contribution in [1.82, 2.24) is 14.5 Å². The quantitative estimate of drug-likeness (QED) is 0.498. The van der Waals surface area contributed by atoms with Crippen molar-refractivity contribution in [2.45, 2.75) is 28.2 Å². The second-order valence-electron chi connectivity index (χ2n) is 7.28. The normalized spacial score (nSPS) is 19.7. The fraction of sp³-hybridized carbons (Fsp3) is 0.526. The third kappa shape index (κ3) is 5.97. The summed E-state index contributed by atoms with van der Waals surface area (Å²) >= 11 is 2.64. The maximum absolute atomic E-state index is 13.1. The number of carbonyl (C=O) groups excluding carboxylic acids is 1. The molecular weight excluding hydrogens is 474 g/mol. The molecule has 0 spiro atoms. The summed E-state index contributed by atoms with van der Waals surface area (Å²) in [6.45, 7) is 2.68. The van der Waals surface area contributed by atoms with E-state index in [-0.39, 0.29) is 22.7 Å². The van der Waals surface area contributed by atoms with Gasteiger partial charge in [0.2, 0.25) is 15.9 Å². The molecule has 10 nitrogen and oxygen atoms in total. The third-order valence-corrected chi connectivity index (χ3v) is 8.84. The van der Waals surface area contributed by atoms with Crippen molar-refractivity contribution in [1.29, 1.82) is 0 Å². The van der Waals surface area contributed by atoms with E-state index < -0.39 is 10.0 Å². The Morgan fingerprint density at radius 2 is 2.09 bits per heavy atom. The molecule has 3 heterocycles. The number of hydrogen-bond acceptors (Lipinski definition) is 10. The van der Waals surface area contributed by atoms with Crippen LogP contribution in [0.15, 0.2) is 32.9 Å². The van der Waals surface area contributed by atoms with Crippen LogP contribution in [0.4, 0.5) is 11.4 Å². The van der Waals surface area contributed by atoms with Crippen LogP contribution in [-0.2, 0) is 24.3 Å². The smallest absolute Gasteiger partial charge is 0.243 e. The number of rotatable bonds is 9. The molecule has 1 aromatic heterocycles. The van der Waals surface area contributed by atoms with Gasteiger partial charge in [-0.2, -0.15) is 4.31 Å². The predicted octanol–water partition coefficient (Wildman–Crippen LogP) is 1.88. The van der Waals surface area contributed by atoms with E-state index in [4.69, 9.17) is 9.47 Å². The molecule has 1 amide bonds. The van der Waals surface area contributed by atoms with E-state index in [9.17, 15) is 13.2 Å². The van der Waals surface area contributed by atoms with Gasteiger partial charge in [-0.25, -0.2) is 8.42 Å². The zero-order valence-corrected chi connectivity index (χ0v) is 19.8. The number of nitrogens with zero attached hydrogens (tertiary/aromatic N) is 3. The average Bonchev–Trinajstić information content (AvgIpc) is 3.52. The van der Waals surface area contributed by atoms with Crippen LogP contribution in [0.2, 0.25) is 0 Å². The average molecular weight is 500 g/mol. The van der Waals surface area contributed by atoms with Gasteiger partial charge in [-0.15, -0.1) is 10.2 Å². The highest BCUT2D eigenvalue weighted by Gasteiger charge is 2.27. The van der Waals surface area contributed by atoms with Crippen LogP contribution in [0.3, 0.4) is 0 Å². The van der Waals surface area contributed by atoms with Gasteiger partial charge in [0.05, 0.1) is 41.3 Å². The number of benzene rings is 1. The summed E-state index contributed by atoms with van der Waals surface area (Å²) in [6.07, 6.45) is 2.09. The van der Waals surface area contributed by atoms with Gasteiger partial charge >= 0.3 is 0 Å². The second-order valence-corrected chi connectivity index (χ2v) is 11.3. The molecule has 32 heavy (non-hydrogen) atoms. The van der Waals surface area contributed by atoms with E-state index >= 15 is 0 Å². The molecule has 2 aliphatic rings. The van der Waals surface area contributed by atoms with E-state index in [0.29, 0.717) is 48.6 Å². The Labute approximate surface area is 195 Å². The van der Waals surface area contributed by atoms with Gasteiger partial charge in [-0.3, -0.25) is 4.79 Å². The van der Waals surface area contributed by atoms with Crippen LogP contribution in [0, 0.1) is 0 Å². The minimum atomic E-state index is -3.69. The lowest BCUT2D eigenvalue weighted by Gasteiger charge is -2.26.